The Hall–Kier alpha value is -1.95. The quantitative estimate of drug-likeness (QED) is 0.313. The van der Waals surface area contributed by atoms with Crippen molar-refractivity contribution in [3.8, 4) is 0 Å². The average Bonchev–Trinajstić information content (AvgIpc) is 3.11. The lowest BCUT2D eigenvalue weighted by Gasteiger charge is -2.59. The fraction of sp³-hybridized carbons (Fsp3) is 0.781. The maximum Gasteiger partial charge on any atom is 0.302 e. The molecule has 0 radical (unpaired) electrons. The number of fused-ring (bicyclic) bond motifs is 5. The van der Waals surface area contributed by atoms with E-state index in [1.807, 2.05) is 0 Å². The molecule has 0 N–H and O–H groups in total. The van der Waals surface area contributed by atoms with Gasteiger partial charge in [0.15, 0.2) is 5.78 Å². The average molecular weight is 527 g/mol. The number of rotatable bonds is 6. The summed E-state index contributed by atoms with van der Waals surface area (Å²) in [5, 5.41) is 0. The lowest BCUT2D eigenvalue weighted by atomic mass is 9.46. The minimum Gasteiger partial charge on any atom is -0.462 e. The van der Waals surface area contributed by atoms with Crippen molar-refractivity contribution >= 4 is 17.7 Å². The molecule has 10 unspecified atom stereocenters. The van der Waals surface area contributed by atoms with Gasteiger partial charge in [-0.3, -0.25) is 14.4 Å². The number of ether oxygens (including phenoxy) is 3. The third-order valence-electron chi connectivity index (χ3n) is 11.8. The number of allylic oxidation sites excluding steroid dienone is 3. The van der Waals surface area contributed by atoms with Gasteiger partial charge in [0.2, 0.25) is 0 Å². The van der Waals surface area contributed by atoms with Gasteiger partial charge >= 0.3 is 11.9 Å². The van der Waals surface area contributed by atoms with E-state index < -0.39 is 0 Å². The minimum atomic E-state index is -0.288. The van der Waals surface area contributed by atoms with Crippen LogP contribution in [0, 0.1) is 40.4 Å². The highest BCUT2D eigenvalue weighted by Gasteiger charge is 2.65. The van der Waals surface area contributed by atoms with Crippen LogP contribution in [-0.2, 0) is 28.6 Å². The van der Waals surface area contributed by atoms with E-state index in [-0.39, 0.29) is 63.8 Å². The molecule has 1 aliphatic heterocycles. The summed E-state index contributed by atoms with van der Waals surface area (Å²) in [6.45, 7) is 16.3. The summed E-state index contributed by atoms with van der Waals surface area (Å²) in [7, 11) is 0. The summed E-state index contributed by atoms with van der Waals surface area (Å²) in [6.07, 6.45) is 10.8. The van der Waals surface area contributed by atoms with Crippen LogP contribution < -0.4 is 0 Å². The third kappa shape index (κ3) is 4.30. The zero-order valence-corrected chi connectivity index (χ0v) is 24.5. The highest BCUT2D eigenvalue weighted by molar-refractivity contribution is 6.01. The van der Waals surface area contributed by atoms with Crippen molar-refractivity contribution < 1.29 is 28.6 Å². The topological polar surface area (TPSA) is 82.2 Å². The van der Waals surface area contributed by atoms with E-state index in [4.69, 9.17) is 14.2 Å². The lowest BCUT2D eigenvalue weighted by Crippen LogP contribution is -2.56. The summed E-state index contributed by atoms with van der Waals surface area (Å²) in [5.74, 6) is 1.11. The maximum absolute atomic E-state index is 12.3. The second-order valence-corrected chi connectivity index (χ2v) is 14.1. The first-order chi connectivity index (χ1) is 17.6. The fourth-order valence-corrected chi connectivity index (χ4v) is 9.40. The largest absolute Gasteiger partial charge is 0.462 e. The van der Waals surface area contributed by atoms with E-state index in [0.717, 1.165) is 31.3 Å². The Balaban J connectivity index is 1.44. The van der Waals surface area contributed by atoms with Crippen molar-refractivity contribution in [1.29, 1.82) is 0 Å². The first-order valence-corrected chi connectivity index (χ1v) is 14.6. The third-order valence-corrected chi connectivity index (χ3v) is 11.8. The van der Waals surface area contributed by atoms with E-state index in [1.54, 1.807) is 12.2 Å². The summed E-state index contributed by atoms with van der Waals surface area (Å²) in [5.41, 5.74) is 0.497. The van der Waals surface area contributed by atoms with Crippen LogP contribution in [-0.4, -0.2) is 41.1 Å². The maximum atomic E-state index is 12.3. The summed E-state index contributed by atoms with van der Waals surface area (Å²) in [6, 6.07) is 0. The van der Waals surface area contributed by atoms with Crippen LogP contribution >= 0.6 is 0 Å². The van der Waals surface area contributed by atoms with E-state index >= 15 is 0 Å². The van der Waals surface area contributed by atoms with Gasteiger partial charge in [-0.1, -0.05) is 32.4 Å². The number of hydrogen-bond acceptors (Lipinski definition) is 6. The molecule has 5 rings (SSSR count). The smallest absolute Gasteiger partial charge is 0.302 e. The van der Waals surface area contributed by atoms with E-state index in [1.165, 1.54) is 13.8 Å². The standard InChI is InChI=1S/C32H46O6/c1-18(27(37-20(3)34)17-32(8)29(4,5)38-32)23-9-10-24-28-25(12-14-31(23,24)7)30(6)13-11-22(35)15-21(30)16-26(28)36-19(2)33/h11,13,15,18,23-28H,9-10,12,14,16-17H2,1-8H3. The zero-order valence-electron chi connectivity index (χ0n) is 24.5. The van der Waals surface area contributed by atoms with E-state index in [9.17, 15) is 14.4 Å². The molecule has 1 heterocycles. The molecular formula is C32H46O6. The molecule has 0 bridgehead atoms. The molecule has 0 amide bonds. The molecule has 0 aromatic rings. The van der Waals surface area contributed by atoms with Gasteiger partial charge in [0.05, 0.1) is 11.2 Å². The van der Waals surface area contributed by atoms with Gasteiger partial charge in [0.1, 0.15) is 12.2 Å². The Morgan fingerprint density at radius 1 is 1.05 bits per heavy atom. The molecule has 0 aromatic carbocycles. The highest BCUT2D eigenvalue weighted by atomic mass is 16.6. The Bertz CT molecular complexity index is 1090. The van der Waals surface area contributed by atoms with Crippen LogP contribution in [0.2, 0.25) is 0 Å². The highest BCUT2D eigenvalue weighted by Crippen LogP contribution is 2.68. The van der Waals surface area contributed by atoms with Crippen molar-refractivity contribution in [2.24, 2.45) is 40.4 Å². The summed E-state index contributed by atoms with van der Waals surface area (Å²) >= 11 is 0. The normalized spacial score (nSPS) is 44.2. The molecule has 6 heteroatoms. The van der Waals surface area contributed by atoms with Crippen LogP contribution in [0.15, 0.2) is 23.8 Å². The van der Waals surface area contributed by atoms with Crippen molar-refractivity contribution in [1.82, 2.24) is 0 Å². The Kier molecular flexibility index (Phi) is 6.57. The SMILES string of the molecule is CC(=O)OC(CC1(C)OC1(C)C)C(C)C1CCC2C3C(OC(C)=O)CC4=CC(=O)C=CC4(C)C3CCC12C. The first kappa shape index (κ1) is 27.6. The molecule has 6 nitrogen and oxygen atoms in total. The van der Waals surface area contributed by atoms with Crippen molar-refractivity contribution in [2.45, 2.75) is 117 Å². The monoisotopic (exact) mass is 526 g/mol. The van der Waals surface area contributed by atoms with Crippen LogP contribution in [0.25, 0.3) is 0 Å². The Labute approximate surface area is 227 Å². The number of esters is 2. The molecule has 5 aliphatic rings. The predicted molar refractivity (Wildman–Crippen MR) is 144 cm³/mol. The van der Waals surface area contributed by atoms with Crippen molar-refractivity contribution in [3.05, 3.63) is 23.8 Å². The number of epoxide rings is 1. The molecule has 4 fully saturated rings. The first-order valence-electron chi connectivity index (χ1n) is 14.6. The molecule has 0 spiro atoms. The number of carbonyl (C=O) groups excluding carboxylic acids is 3. The lowest BCUT2D eigenvalue weighted by molar-refractivity contribution is -0.165. The molecule has 10 atom stereocenters. The molecule has 38 heavy (non-hydrogen) atoms. The van der Waals surface area contributed by atoms with E-state index in [2.05, 4.69) is 47.6 Å². The van der Waals surface area contributed by atoms with Crippen LogP contribution in [0.3, 0.4) is 0 Å². The molecular weight excluding hydrogens is 480 g/mol. The predicted octanol–water partition coefficient (Wildman–Crippen LogP) is 5.98. The van der Waals surface area contributed by atoms with Gasteiger partial charge in [-0.25, -0.2) is 0 Å². The van der Waals surface area contributed by atoms with Gasteiger partial charge < -0.3 is 14.2 Å². The van der Waals surface area contributed by atoms with Crippen LogP contribution in [0.5, 0.6) is 0 Å². The van der Waals surface area contributed by atoms with Crippen LogP contribution in [0.4, 0.5) is 0 Å². The molecule has 4 aliphatic carbocycles. The number of carbonyl (C=O) groups is 3. The minimum absolute atomic E-state index is 0.0286. The Morgan fingerprint density at radius 3 is 2.34 bits per heavy atom. The van der Waals surface area contributed by atoms with Gasteiger partial charge in [-0.15, -0.1) is 0 Å². The van der Waals surface area contributed by atoms with Gasteiger partial charge in [0.25, 0.3) is 0 Å². The second kappa shape index (κ2) is 9.04. The molecule has 1 saturated heterocycles. The molecule has 3 saturated carbocycles. The van der Waals surface area contributed by atoms with Gasteiger partial charge in [0, 0.05) is 38.0 Å². The molecule has 0 aromatic heterocycles. The number of hydrogen-bond donors (Lipinski definition) is 0. The fourth-order valence-electron chi connectivity index (χ4n) is 9.40. The zero-order chi connectivity index (χ0) is 27.8. The summed E-state index contributed by atoms with van der Waals surface area (Å²) < 4.78 is 18.1. The number of ketones is 1. The Morgan fingerprint density at radius 2 is 1.74 bits per heavy atom. The van der Waals surface area contributed by atoms with Crippen LogP contribution in [0.1, 0.15) is 93.9 Å². The van der Waals surface area contributed by atoms with Gasteiger partial charge in [-0.05, 0) is 87.7 Å². The molecule has 210 valence electrons. The van der Waals surface area contributed by atoms with Crippen molar-refractivity contribution in [2.75, 3.05) is 0 Å². The van der Waals surface area contributed by atoms with Gasteiger partial charge in [-0.2, -0.15) is 0 Å². The van der Waals surface area contributed by atoms with E-state index in [0.29, 0.717) is 30.6 Å². The second-order valence-electron chi connectivity index (χ2n) is 14.1. The van der Waals surface area contributed by atoms with Crippen molar-refractivity contribution in [3.63, 3.8) is 0 Å². The summed E-state index contributed by atoms with van der Waals surface area (Å²) in [4.78, 5) is 36.7.